The van der Waals surface area contributed by atoms with E-state index < -0.39 is 0 Å². The Labute approximate surface area is 80.4 Å². The molecule has 0 amide bonds. The maximum Gasteiger partial charge on any atom is 0.170 e. The second-order valence-corrected chi connectivity index (χ2v) is 3.14. The highest BCUT2D eigenvalue weighted by molar-refractivity contribution is 5.64. The average molecular weight is 188 g/mol. The van der Waals surface area contributed by atoms with Gasteiger partial charge in [0.15, 0.2) is 18.3 Å². The van der Waals surface area contributed by atoms with Crippen LogP contribution in [0.3, 0.4) is 0 Å². The fraction of sp³-hybridized carbons (Fsp3) is 0.222. The predicted octanol–water partition coefficient (Wildman–Crippen LogP) is 0.998. The summed E-state index contributed by atoms with van der Waals surface area (Å²) in [7, 11) is 0. The minimum atomic E-state index is 0.465. The minimum absolute atomic E-state index is 0.465. The summed E-state index contributed by atoms with van der Waals surface area (Å²) in [6, 6.07) is 1.88. The van der Waals surface area contributed by atoms with Gasteiger partial charge in [-0.05, 0) is 13.0 Å². The smallest absolute Gasteiger partial charge is 0.170 e. The number of nitrogens with zero attached hydrogens (tertiary/aromatic N) is 4. The van der Waals surface area contributed by atoms with Crippen molar-refractivity contribution in [2.75, 3.05) is 0 Å². The lowest BCUT2D eigenvalue weighted by Gasteiger charge is -2.18. The van der Waals surface area contributed by atoms with E-state index in [2.05, 4.69) is 15.2 Å². The SMILES string of the molecule is Cc1nnc2n1COc1cnccc1-2. The molecule has 0 spiro atoms. The summed E-state index contributed by atoms with van der Waals surface area (Å²) in [5.41, 5.74) is 0.951. The predicted molar refractivity (Wildman–Crippen MR) is 48.6 cm³/mol. The molecular formula is C9H8N4O. The summed E-state index contributed by atoms with van der Waals surface area (Å²) < 4.78 is 7.44. The van der Waals surface area contributed by atoms with Gasteiger partial charge in [-0.15, -0.1) is 10.2 Å². The first kappa shape index (κ1) is 7.49. The van der Waals surface area contributed by atoms with Crippen molar-refractivity contribution in [2.45, 2.75) is 13.7 Å². The Hall–Kier alpha value is -1.91. The van der Waals surface area contributed by atoms with E-state index in [9.17, 15) is 0 Å². The lowest BCUT2D eigenvalue weighted by atomic mass is 10.2. The highest BCUT2D eigenvalue weighted by atomic mass is 16.5. The number of pyridine rings is 1. The van der Waals surface area contributed by atoms with Crippen molar-refractivity contribution in [1.29, 1.82) is 0 Å². The van der Waals surface area contributed by atoms with Gasteiger partial charge in [0.25, 0.3) is 0 Å². The molecule has 1 aliphatic rings. The molecule has 0 saturated carbocycles. The molecule has 0 aliphatic carbocycles. The van der Waals surface area contributed by atoms with E-state index >= 15 is 0 Å². The molecular weight excluding hydrogens is 180 g/mol. The Balaban J connectivity index is 2.29. The molecule has 2 aromatic heterocycles. The Morgan fingerprint density at radius 2 is 2.36 bits per heavy atom. The van der Waals surface area contributed by atoms with Crippen LogP contribution in [0, 0.1) is 6.92 Å². The van der Waals surface area contributed by atoms with Crippen molar-refractivity contribution >= 4 is 0 Å². The van der Waals surface area contributed by atoms with Crippen LogP contribution in [0.5, 0.6) is 5.75 Å². The Morgan fingerprint density at radius 1 is 1.43 bits per heavy atom. The lowest BCUT2D eigenvalue weighted by molar-refractivity contribution is 0.226. The van der Waals surface area contributed by atoms with Crippen molar-refractivity contribution in [2.24, 2.45) is 0 Å². The van der Waals surface area contributed by atoms with Crippen LogP contribution in [-0.2, 0) is 6.73 Å². The van der Waals surface area contributed by atoms with E-state index in [1.54, 1.807) is 12.4 Å². The van der Waals surface area contributed by atoms with Gasteiger partial charge in [-0.3, -0.25) is 9.55 Å². The number of hydrogen-bond acceptors (Lipinski definition) is 4. The highest BCUT2D eigenvalue weighted by Gasteiger charge is 2.20. The van der Waals surface area contributed by atoms with Gasteiger partial charge in [-0.25, -0.2) is 0 Å². The summed E-state index contributed by atoms with van der Waals surface area (Å²) in [5, 5.41) is 8.11. The van der Waals surface area contributed by atoms with Gasteiger partial charge in [0.1, 0.15) is 5.82 Å². The standard InChI is InChI=1S/C9H8N4O/c1-6-11-12-9-7-2-3-10-4-8(7)14-5-13(6)9/h2-4H,5H2,1H3. The zero-order valence-electron chi connectivity index (χ0n) is 7.64. The van der Waals surface area contributed by atoms with E-state index in [1.807, 2.05) is 17.6 Å². The van der Waals surface area contributed by atoms with E-state index in [4.69, 9.17) is 4.74 Å². The van der Waals surface area contributed by atoms with Crippen LogP contribution in [0.25, 0.3) is 11.4 Å². The Kier molecular flexibility index (Phi) is 1.36. The van der Waals surface area contributed by atoms with Crippen LogP contribution in [0.1, 0.15) is 5.82 Å². The molecule has 5 nitrogen and oxygen atoms in total. The van der Waals surface area contributed by atoms with Crippen LogP contribution in [0.2, 0.25) is 0 Å². The topological polar surface area (TPSA) is 52.8 Å². The van der Waals surface area contributed by atoms with E-state index in [0.29, 0.717) is 6.73 Å². The quantitative estimate of drug-likeness (QED) is 0.618. The molecule has 0 atom stereocenters. The Morgan fingerprint density at radius 3 is 3.29 bits per heavy atom. The monoisotopic (exact) mass is 188 g/mol. The van der Waals surface area contributed by atoms with Gasteiger partial charge in [-0.2, -0.15) is 0 Å². The number of aryl methyl sites for hydroxylation is 1. The third-order valence-corrected chi connectivity index (χ3v) is 2.31. The molecule has 0 N–H and O–H groups in total. The lowest BCUT2D eigenvalue weighted by Crippen LogP contribution is -2.14. The molecule has 3 rings (SSSR count). The van der Waals surface area contributed by atoms with Gasteiger partial charge < -0.3 is 4.74 Å². The van der Waals surface area contributed by atoms with Crippen LogP contribution in [0.15, 0.2) is 18.5 Å². The fourth-order valence-corrected chi connectivity index (χ4v) is 1.55. The highest BCUT2D eigenvalue weighted by Crippen LogP contribution is 2.31. The van der Waals surface area contributed by atoms with Crippen LogP contribution >= 0.6 is 0 Å². The molecule has 70 valence electrons. The van der Waals surface area contributed by atoms with Crippen LogP contribution in [-0.4, -0.2) is 19.7 Å². The van der Waals surface area contributed by atoms with Crippen molar-refractivity contribution in [1.82, 2.24) is 19.7 Å². The zero-order chi connectivity index (χ0) is 9.54. The molecule has 0 bridgehead atoms. The third-order valence-electron chi connectivity index (χ3n) is 2.31. The summed E-state index contributed by atoms with van der Waals surface area (Å²) in [6.07, 6.45) is 3.42. The summed E-state index contributed by atoms with van der Waals surface area (Å²) in [6.45, 7) is 2.37. The van der Waals surface area contributed by atoms with Crippen LogP contribution in [0.4, 0.5) is 0 Å². The fourth-order valence-electron chi connectivity index (χ4n) is 1.55. The molecule has 5 heteroatoms. The molecule has 1 aliphatic heterocycles. The summed E-state index contributed by atoms with van der Waals surface area (Å²) in [5.74, 6) is 2.49. The number of aromatic nitrogens is 4. The van der Waals surface area contributed by atoms with E-state index in [-0.39, 0.29) is 0 Å². The molecule has 2 aromatic rings. The van der Waals surface area contributed by atoms with Gasteiger partial charge in [-0.1, -0.05) is 0 Å². The Bertz CT molecular complexity index is 491. The molecule has 3 heterocycles. The maximum absolute atomic E-state index is 5.51. The normalized spacial score (nSPS) is 12.9. The minimum Gasteiger partial charge on any atom is -0.470 e. The average Bonchev–Trinajstić information content (AvgIpc) is 2.61. The number of ether oxygens (including phenoxy) is 1. The third kappa shape index (κ3) is 0.863. The first-order chi connectivity index (χ1) is 6.86. The number of fused-ring (bicyclic) bond motifs is 3. The maximum atomic E-state index is 5.51. The zero-order valence-corrected chi connectivity index (χ0v) is 7.64. The van der Waals surface area contributed by atoms with Crippen molar-refractivity contribution in [3.05, 3.63) is 24.3 Å². The second kappa shape index (κ2) is 2.54. The molecule has 0 saturated heterocycles. The van der Waals surface area contributed by atoms with Crippen molar-refractivity contribution in [3.8, 4) is 17.1 Å². The van der Waals surface area contributed by atoms with E-state index in [0.717, 1.165) is 23.0 Å². The van der Waals surface area contributed by atoms with Crippen LogP contribution < -0.4 is 4.74 Å². The van der Waals surface area contributed by atoms with Gasteiger partial charge in [0.05, 0.1) is 11.8 Å². The first-order valence-corrected chi connectivity index (χ1v) is 4.33. The molecule has 14 heavy (non-hydrogen) atoms. The first-order valence-electron chi connectivity index (χ1n) is 4.33. The molecule has 0 radical (unpaired) electrons. The van der Waals surface area contributed by atoms with Gasteiger partial charge >= 0.3 is 0 Å². The van der Waals surface area contributed by atoms with Gasteiger partial charge in [0.2, 0.25) is 0 Å². The molecule has 0 unspecified atom stereocenters. The largest absolute Gasteiger partial charge is 0.470 e. The molecule has 0 aromatic carbocycles. The second-order valence-electron chi connectivity index (χ2n) is 3.14. The van der Waals surface area contributed by atoms with Gasteiger partial charge in [0, 0.05) is 6.20 Å². The summed E-state index contributed by atoms with van der Waals surface area (Å²) >= 11 is 0. The van der Waals surface area contributed by atoms with E-state index in [1.165, 1.54) is 0 Å². The summed E-state index contributed by atoms with van der Waals surface area (Å²) in [4.78, 5) is 4.00. The van der Waals surface area contributed by atoms with Crippen molar-refractivity contribution in [3.63, 3.8) is 0 Å². The number of rotatable bonds is 0. The molecule has 0 fully saturated rings. The van der Waals surface area contributed by atoms with Crippen molar-refractivity contribution < 1.29 is 4.74 Å². The number of hydrogen-bond donors (Lipinski definition) is 0.